The Hall–Kier alpha value is -7.15. The van der Waals surface area contributed by atoms with E-state index >= 15 is 13.2 Å². The van der Waals surface area contributed by atoms with Crippen LogP contribution in [0.4, 0.5) is 47.3 Å². The van der Waals surface area contributed by atoms with E-state index in [1.165, 1.54) is 28.5 Å². The van der Waals surface area contributed by atoms with Gasteiger partial charge in [0.2, 0.25) is 6.71 Å². The van der Waals surface area contributed by atoms with Crippen LogP contribution in [0, 0.1) is 0 Å². The molecule has 0 aromatic heterocycles. The van der Waals surface area contributed by atoms with Crippen LogP contribution in [0.2, 0.25) is 0 Å². The molecule has 9 aromatic carbocycles. The fraction of sp³-hybridized carbons (Fsp3) is 0.0182. The van der Waals surface area contributed by atoms with Gasteiger partial charge in [-0.3, -0.25) is 0 Å². The SMILES string of the molecule is FC(F)(F)c1ccccc1N1c2ccc(-c3ccccc3)cc2B2c3ccc(-c4ccccc4)cc3N3c4cc(-c5ccccc5)ccc4B4c5ccccc5Sc5cc1c2c3c54. The van der Waals surface area contributed by atoms with Gasteiger partial charge >= 0.3 is 6.18 Å². The fourth-order valence-corrected chi connectivity index (χ4v) is 11.9. The Kier molecular flexibility index (Phi) is 7.92. The number of para-hydroxylation sites is 1. The maximum atomic E-state index is 15.3. The van der Waals surface area contributed by atoms with Gasteiger partial charge in [-0.05, 0) is 103 Å². The number of rotatable bonds is 4. The van der Waals surface area contributed by atoms with E-state index < -0.39 is 11.7 Å². The summed E-state index contributed by atoms with van der Waals surface area (Å²) in [7, 11) is 0. The van der Waals surface area contributed by atoms with Crippen molar-refractivity contribution in [2.24, 2.45) is 0 Å². The minimum atomic E-state index is -4.59. The fourth-order valence-electron chi connectivity index (χ4n) is 10.7. The molecule has 0 bridgehead atoms. The van der Waals surface area contributed by atoms with Crippen LogP contribution < -0.4 is 42.6 Å². The number of anilines is 6. The lowest BCUT2D eigenvalue weighted by Crippen LogP contribution is -2.68. The molecule has 0 saturated carbocycles. The zero-order valence-corrected chi connectivity index (χ0v) is 34.5. The smallest absolute Gasteiger partial charge is 0.312 e. The highest BCUT2D eigenvalue weighted by Crippen LogP contribution is 2.51. The third-order valence-corrected chi connectivity index (χ3v) is 14.5. The predicted molar refractivity (Wildman–Crippen MR) is 257 cm³/mol. The number of nitrogens with zero attached hydrogens (tertiary/aromatic N) is 2. The molecule has 0 radical (unpaired) electrons. The van der Waals surface area contributed by atoms with Crippen molar-refractivity contribution in [1.29, 1.82) is 0 Å². The molecular formula is C55H33B2F3N2S. The molecule has 0 amide bonds. The molecule has 4 aliphatic rings. The molecule has 9 aromatic rings. The Morgan fingerprint density at radius 3 is 1.49 bits per heavy atom. The number of fused-ring (bicyclic) bond motifs is 10. The second-order valence-corrected chi connectivity index (χ2v) is 17.8. The highest BCUT2D eigenvalue weighted by molar-refractivity contribution is 8.00. The van der Waals surface area contributed by atoms with Gasteiger partial charge < -0.3 is 9.80 Å². The monoisotopic (exact) mass is 832 g/mol. The quantitative estimate of drug-likeness (QED) is 0.163. The molecule has 4 aliphatic heterocycles. The van der Waals surface area contributed by atoms with Gasteiger partial charge in [-0.15, -0.1) is 0 Å². The predicted octanol–water partition coefficient (Wildman–Crippen LogP) is 11.1. The van der Waals surface area contributed by atoms with Crippen molar-refractivity contribution in [3.63, 3.8) is 0 Å². The van der Waals surface area contributed by atoms with E-state index in [0.717, 1.165) is 88.0 Å². The van der Waals surface area contributed by atoms with Gasteiger partial charge in [0.25, 0.3) is 6.71 Å². The molecule has 0 unspecified atom stereocenters. The number of alkyl halides is 3. The first-order chi connectivity index (χ1) is 30.9. The molecule has 4 heterocycles. The summed E-state index contributed by atoms with van der Waals surface area (Å²) < 4.78 is 45.9. The molecule has 0 fully saturated rings. The van der Waals surface area contributed by atoms with Crippen LogP contribution in [0.5, 0.6) is 0 Å². The van der Waals surface area contributed by atoms with Crippen molar-refractivity contribution in [3.8, 4) is 33.4 Å². The molecule has 8 heteroatoms. The Bertz CT molecular complexity index is 3340. The van der Waals surface area contributed by atoms with Gasteiger partial charge in [0.05, 0.1) is 11.3 Å². The first kappa shape index (κ1) is 36.5. The standard InChI is InChI=1S/C55H33B2F3N2S/c58-55(59,60)40-20-10-12-22-45(40)61-46-29-26-37(34-14-4-1-5-15-34)30-44(46)57-42-28-25-39(36-18-8-3-9-19-36)32-48(42)62-47-31-38(35-16-6-2-7-17-35)24-27-41(47)56-43-21-11-13-23-50(43)63-51-33-49(61)52(57)54(62)53(51)56/h1-33H. The average molecular weight is 833 g/mol. The van der Waals surface area contributed by atoms with Crippen LogP contribution >= 0.6 is 11.8 Å². The van der Waals surface area contributed by atoms with Crippen molar-refractivity contribution in [2.75, 3.05) is 9.80 Å². The molecule has 63 heavy (non-hydrogen) atoms. The van der Waals surface area contributed by atoms with E-state index in [2.05, 4.69) is 144 Å². The van der Waals surface area contributed by atoms with Crippen molar-refractivity contribution in [2.45, 2.75) is 16.0 Å². The summed E-state index contributed by atoms with van der Waals surface area (Å²) in [5, 5.41) is 0. The van der Waals surface area contributed by atoms with Crippen molar-refractivity contribution < 1.29 is 13.2 Å². The largest absolute Gasteiger partial charge is 0.418 e. The minimum Gasteiger partial charge on any atom is -0.312 e. The summed E-state index contributed by atoms with van der Waals surface area (Å²) >= 11 is 1.72. The van der Waals surface area contributed by atoms with Crippen molar-refractivity contribution in [3.05, 3.63) is 206 Å². The third kappa shape index (κ3) is 5.44. The molecule has 13 rings (SSSR count). The zero-order chi connectivity index (χ0) is 42.0. The third-order valence-electron chi connectivity index (χ3n) is 13.3. The zero-order valence-electron chi connectivity index (χ0n) is 33.6. The number of hydrogen-bond donors (Lipinski definition) is 0. The van der Waals surface area contributed by atoms with E-state index in [1.807, 2.05) is 41.3 Å². The van der Waals surface area contributed by atoms with Gasteiger partial charge in [-0.2, -0.15) is 13.2 Å². The lowest BCUT2D eigenvalue weighted by atomic mass is 9.29. The molecule has 0 atom stereocenters. The lowest BCUT2D eigenvalue weighted by Gasteiger charge is -2.49. The van der Waals surface area contributed by atoms with E-state index in [-0.39, 0.29) is 19.1 Å². The summed E-state index contributed by atoms with van der Waals surface area (Å²) in [6.07, 6.45) is -4.59. The number of halogens is 3. The van der Waals surface area contributed by atoms with Crippen LogP contribution in [0.25, 0.3) is 33.4 Å². The minimum absolute atomic E-state index is 0.0960. The van der Waals surface area contributed by atoms with Crippen LogP contribution in [0.15, 0.2) is 210 Å². The van der Waals surface area contributed by atoms with Gasteiger partial charge in [0, 0.05) is 38.2 Å². The lowest BCUT2D eigenvalue weighted by molar-refractivity contribution is -0.137. The van der Waals surface area contributed by atoms with Crippen LogP contribution in [-0.2, 0) is 6.18 Å². The summed E-state index contributed by atoms with van der Waals surface area (Å²) in [5.41, 5.74) is 17.4. The van der Waals surface area contributed by atoms with Gasteiger partial charge in [-0.1, -0.05) is 175 Å². The number of hydrogen-bond acceptors (Lipinski definition) is 3. The summed E-state index contributed by atoms with van der Waals surface area (Å²) in [6.45, 7) is -0.382. The Morgan fingerprint density at radius 1 is 0.349 bits per heavy atom. The van der Waals surface area contributed by atoms with Crippen LogP contribution in [0.1, 0.15) is 5.56 Å². The molecular weight excluding hydrogens is 799 g/mol. The summed E-state index contributed by atoms with van der Waals surface area (Å²) in [4.78, 5) is 6.57. The Morgan fingerprint density at radius 2 is 0.873 bits per heavy atom. The van der Waals surface area contributed by atoms with E-state index in [0.29, 0.717) is 0 Å². The van der Waals surface area contributed by atoms with E-state index in [9.17, 15) is 0 Å². The maximum Gasteiger partial charge on any atom is 0.418 e. The highest BCUT2D eigenvalue weighted by atomic mass is 32.2. The van der Waals surface area contributed by atoms with Crippen LogP contribution in [0.3, 0.4) is 0 Å². The van der Waals surface area contributed by atoms with Crippen molar-refractivity contribution in [1.82, 2.24) is 0 Å². The summed E-state index contributed by atoms with van der Waals surface area (Å²) in [5.74, 6) is 0. The average Bonchev–Trinajstić information content (AvgIpc) is 3.33. The Balaban J connectivity index is 1.18. The second kappa shape index (κ2) is 13.7. The molecule has 0 N–H and O–H groups in total. The van der Waals surface area contributed by atoms with E-state index in [1.54, 1.807) is 23.9 Å². The van der Waals surface area contributed by atoms with E-state index in [4.69, 9.17) is 0 Å². The number of benzene rings is 9. The molecule has 0 aliphatic carbocycles. The topological polar surface area (TPSA) is 6.48 Å². The first-order valence-electron chi connectivity index (χ1n) is 21.2. The molecule has 296 valence electrons. The maximum absolute atomic E-state index is 15.3. The summed E-state index contributed by atoms with van der Waals surface area (Å²) in [6, 6.07) is 68.1. The molecule has 0 saturated heterocycles. The molecule has 0 spiro atoms. The second-order valence-electron chi connectivity index (χ2n) is 16.7. The highest BCUT2D eigenvalue weighted by Gasteiger charge is 2.51. The normalized spacial score (nSPS) is 13.8. The first-order valence-corrected chi connectivity index (χ1v) is 22.0. The Labute approximate surface area is 368 Å². The van der Waals surface area contributed by atoms with Gasteiger partial charge in [0.15, 0.2) is 0 Å². The molecule has 2 nitrogen and oxygen atoms in total. The van der Waals surface area contributed by atoms with Gasteiger partial charge in [-0.25, -0.2) is 0 Å². The van der Waals surface area contributed by atoms with Crippen LogP contribution in [-0.4, -0.2) is 13.4 Å². The van der Waals surface area contributed by atoms with Gasteiger partial charge in [0.1, 0.15) is 0 Å². The van der Waals surface area contributed by atoms with Crippen molar-refractivity contribution >= 4 is 92.1 Å².